The summed E-state index contributed by atoms with van der Waals surface area (Å²) in [5, 5.41) is 16.7. The van der Waals surface area contributed by atoms with Crippen LogP contribution < -0.4 is 15.0 Å². The highest BCUT2D eigenvalue weighted by Crippen LogP contribution is 2.42. The largest absolute Gasteiger partial charge is 0.487 e. The monoisotopic (exact) mass is 594 g/mol. The molecule has 204 valence electrons. The van der Waals surface area contributed by atoms with E-state index in [9.17, 15) is 9.90 Å². The molecular formula is C27H32Cl2N4O3S2. The number of anilines is 2. The molecule has 1 aliphatic carbocycles. The molecule has 1 amide bonds. The van der Waals surface area contributed by atoms with Gasteiger partial charge in [-0.3, -0.25) is 15.0 Å². The lowest BCUT2D eigenvalue weighted by Crippen LogP contribution is -2.50. The second-order valence-corrected chi connectivity index (χ2v) is 12.6. The fourth-order valence-corrected chi connectivity index (χ4v) is 7.46. The topological polar surface area (TPSA) is 77.9 Å². The molecule has 0 radical (unpaired) electrons. The first-order chi connectivity index (χ1) is 18.4. The van der Waals surface area contributed by atoms with Gasteiger partial charge in [-0.25, -0.2) is 4.98 Å². The number of hydrogen-bond acceptors (Lipinski definition) is 8. The lowest BCUT2D eigenvalue weighted by molar-refractivity contribution is 0.102. The number of nitrogens with zero attached hydrogens (tertiary/aromatic N) is 3. The number of aliphatic hydroxyl groups is 1. The molecule has 2 fully saturated rings. The van der Waals surface area contributed by atoms with Gasteiger partial charge >= 0.3 is 0 Å². The lowest BCUT2D eigenvalue weighted by Gasteiger charge is -2.41. The third-order valence-electron chi connectivity index (χ3n) is 7.10. The van der Waals surface area contributed by atoms with E-state index in [1.807, 2.05) is 11.4 Å². The number of aromatic nitrogens is 1. The minimum atomic E-state index is -0.394. The van der Waals surface area contributed by atoms with Crippen LogP contribution in [0.25, 0.3) is 10.6 Å². The molecule has 3 aromatic rings. The van der Waals surface area contributed by atoms with Gasteiger partial charge in [0.1, 0.15) is 22.5 Å². The van der Waals surface area contributed by atoms with Gasteiger partial charge in [-0.05, 0) is 44.0 Å². The Bertz CT molecular complexity index is 1250. The number of thiazole rings is 1. The summed E-state index contributed by atoms with van der Waals surface area (Å²) in [5.74, 6) is 0.123. The fraction of sp³-hybridized carbons (Fsp3) is 0.481. The molecular weight excluding hydrogens is 563 g/mol. The summed E-state index contributed by atoms with van der Waals surface area (Å²) in [4.78, 5) is 23.9. The van der Waals surface area contributed by atoms with E-state index in [4.69, 9.17) is 32.9 Å². The number of carbonyl (C=O) groups excluding carboxylic acids is 1. The third kappa shape index (κ3) is 6.46. The molecule has 5 rings (SSSR count). The normalized spacial score (nSPS) is 17.9. The summed E-state index contributed by atoms with van der Waals surface area (Å²) in [7, 11) is 0. The smallest absolute Gasteiger partial charge is 0.257 e. The van der Waals surface area contributed by atoms with Gasteiger partial charge in [0.05, 0.1) is 21.5 Å². The Balaban J connectivity index is 1.32. The number of thiophene rings is 1. The van der Waals surface area contributed by atoms with E-state index >= 15 is 0 Å². The summed E-state index contributed by atoms with van der Waals surface area (Å²) in [6, 6.07) is 7.50. The Morgan fingerprint density at radius 2 is 1.95 bits per heavy atom. The number of amides is 1. The molecule has 1 atom stereocenters. The summed E-state index contributed by atoms with van der Waals surface area (Å²) in [5.41, 5.74) is 1.26. The van der Waals surface area contributed by atoms with Gasteiger partial charge in [0.2, 0.25) is 0 Å². The number of carbonyl (C=O) groups is 1. The number of piperazine rings is 1. The van der Waals surface area contributed by atoms with Crippen LogP contribution in [0.4, 0.5) is 10.1 Å². The van der Waals surface area contributed by atoms with Crippen LogP contribution in [-0.4, -0.2) is 65.8 Å². The maximum atomic E-state index is 13.1. The quantitative estimate of drug-likeness (QED) is 0.304. The van der Waals surface area contributed by atoms with Crippen LogP contribution in [0.3, 0.4) is 0 Å². The van der Waals surface area contributed by atoms with Gasteiger partial charge in [-0.2, -0.15) is 0 Å². The van der Waals surface area contributed by atoms with Crippen molar-refractivity contribution in [3.63, 3.8) is 0 Å². The van der Waals surface area contributed by atoms with Gasteiger partial charge in [-0.1, -0.05) is 53.8 Å². The molecule has 38 heavy (non-hydrogen) atoms. The predicted octanol–water partition coefficient (Wildman–Crippen LogP) is 6.65. The Labute approximate surface area is 241 Å². The summed E-state index contributed by atoms with van der Waals surface area (Å²) >= 11 is 15.6. The molecule has 1 saturated heterocycles. The molecule has 1 unspecified atom stereocenters. The number of nitrogens with one attached hydrogen (secondary N) is 1. The minimum Gasteiger partial charge on any atom is -0.487 e. The lowest BCUT2D eigenvalue weighted by atomic mass is 9.94. The van der Waals surface area contributed by atoms with E-state index in [1.54, 1.807) is 36.5 Å². The first-order valence-electron chi connectivity index (χ1n) is 13.0. The van der Waals surface area contributed by atoms with Gasteiger partial charge in [0.15, 0.2) is 5.13 Å². The second-order valence-electron chi connectivity index (χ2n) is 9.83. The molecule has 2 aromatic heterocycles. The van der Waals surface area contributed by atoms with Crippen molar-refractivity contribution < 1.29 is 14.6 Å². The minimum absolute atomic E-state index is 0.127. The number of hydrogen-bond donors (Lipinski definition) is 2. The third-order valence-corrected chi connectivity index (χ3v) is 9.71. The van der Waals surface area contributed by atoms with Crippen LogP contribution in [0.2, 0.25) is 10.0 Å². The molecule has 11 heteroatoms. The van der Waals surface area contributed by atoms with Crippen molar-refractivity contribution in [2.24, 2.45) is 0 Å². The Hall–Kier alpha value is -1.88. The molecule has 0 spiro atoms. The van der Waals surface area contributed by atoms with Crippen LogP contribution in [0.5, 0.6) is 5.75 Å². The molecule has 0 bridgehead atoms. The standard InChI is InChI=1S/C27H32Cl2N4O3S2/c1-17(15-34)36-22-8-7-18(13-21(22)29)25(35)31-27-30-24(23-14-19(28)16-37-23)26(38-27)33-11-9-32(10-12-33)20-5-3-2-4-6-20/h7-8,13-14,16-17,20,34H,2-6,9-12,15H2,1H3,(H,30,31,35). The highest BCUT2D eigenvalue weighted by atomic mass is 35.5. The molecule has 2 aliphatic rings. The second kappa shape index (κ2) is 12.5. The summed E-state index contributed by atoms with van der Waals surface area (Å²) in [6.07, 6.45) is 6.28. The van der Waals surface area contributed by atoms with E-state index < -0.39 is 6.10 Å². The summed E-state index contributed by atoms with van der Waals surface area (Å²) < 4.78 is 5.59. The van der Waals surface area contributed by atoms with E-state index in [2.05, 4.69) is 15.1 Å². The van der Waals surface area contributed by atoms with Crippen LogP contribution in [0.15, 0.2) is 29.6 Å². The van der Waals surface area contributed by atoms with E-state index in [-0.39, 0.29) is 12.5 Å². The van der Waals surface area contributed by atoms with E-state index in [0.29, 0.717) is 32.5 Å². The maximum absolute atomic E-state index is 13.1. The summed E-state index contributed by atoms with van der Waals surface area (Å²) in [6.45, 7) is 5.56. The highest BCUT2D eigenvalue weighted by Gasteiger charge is 2.28. The first-order valence-corrected chi connectivity index (χ1v) is 15.5. The van der Waals surface area contributed by atoms with Gasteiger partial charge in [-0.15, -0.1) is 11.3 Å². The number of halogens is 2. The average molecular weight is 596 g/mol. The molecule has 1 aromatic carbocycles. The SMILES string of the molecule is CC(CO)Oc1ccc(C(=O)Nc2nc(-c3cc(Cl)cs3)c(N3CCN(C4CCCCC4)CC3)s2)cc1Cl. The average Bonchev–Trinajstić information content (AvgIpc) is 3.56. The van der Waals surface area contributed by atoms with Gasteiger partial charge in [0, 0.05) is 43.2 Å². The van der Waals surface area contributed by atoms with Crippen molar-refractivity contribution in [2.45, 2.75) is 51.2 Å². The molecule has 1 saturated carbocycles. The molecule has 3 heterocycles. The van der Waals surface area contributed by atoms with Crippen molar-refractivity contribution in [3.05, 3.63) is 45.3 Å². The fourth-order valence-electron chi connectivity index (χ4n) is 5.07. The maximum Gasteiger partial charge on any atom is 0.257 e. The van der Waals surface area contributed by atoms with Crippen molar-refractivity contribution in [3.8, 4) is 16.3 Å². The highest BCUT2D eigenvalue weighted by molar-refractivity contribution is 7.21. The Morgan fingerprint density at radius 1 is 1.18 bits per heavy atom. The zero-order valence-corrected chi connectivity index (χ0v) is 24.4. The molecule has 2 N–H and O–H groups in total. The van der Waals surface area contributed by atoms with Gasteiger partial charge < -0.3 is 14.7 Å². The number of benzene rings is 1. The molecule has 1 aliphatic heterocycles. The van der Waals surface area contributed by atoms with Crippen molar-refractivity contribution in [1.82, 2.24) is 9.88 Å². The number of aliphatic hydroxyl groups excluding tert-OH is 1. The van der Waals surface area contributed by atoms with Crippen molar-refractivity contribution in [1.29, 1.82) is 0 Å². The molecule has 7 nitrogen and oxygen atoms in total. The van der Waals surface area contributed by atoms with E-state index in [0.717, 1.165) is 41.8 Å². The van der Waals surface area contributed by atoms with Gasteiger partial charge in [0.25, 0.3) is 5.91 Å². The van der Waals surface area contributed by atoms with E-state index in [1.165, 1.54) is 43.4 Å². The predicted molar refractivity (Wildman–Crippen MR) is 158 cm³/mol. The van der Waals surface area contributed by atoms with Crippen LogP contribution >= 0.6 is 45.9 Å². The van der Waals surface area contributed by atoms with Crippen molar-refractivity contribution >= 4 is 61.9 Å². The zero-order chi connectivity index (χ0) is 26.6. The number of ether oxygens (including phenoxy) is 1. The zero-order valence-electron chi connectivity index (χ0n) is 21.3. The van der Waals surface area contributed by atoms with Crippen molar-refractivity contribution in [2.75, 3.05) is 43.0 Å². The number of rotatable bonds is 8. The Kier molecular flexibility index (Phi) is 9.13. The van der Waals surface area contributed by atoms with Crippen LogP contribution in [0.1, 0.15) is 49.4 Å². The van der Waals surface area contributed by atoms with Crippen LogP contribution in [0, 0.1) is 0 Å². The van der Waals surface area contributed by atoms with Crippen LogP contribution in [-0.2, 0) is 0 Å². The first kappa shape index (κ1) is 27.7. The Morgan fingerprint density at radius 3 is 2.61 bits per heavy atom.